The number of aromatic nitrogens is 2. The number of ketones is 1. The Bertz CT molecular complexity index is 665. The first-order valence-corrected chi connectivity index (χ1v) is 6.98. The molecule has 1 aromatic heterocycles. The fourth-order valence-electron chi connectivity index (χ4n) is 1.93. The molecule has 0 spiro atoms. The topological polar surface area (TPSA) is 56.0 Å². The van der Waals surface area contributed by atoms with Crippen LogP contribution in [0.3, 0.4) is 0 Å². The molecule has 23 heavy (non-hydrogen) atoms. The first-order valence-electron chi connectivity index (χ1n) is 6.98. The molecule has 2 aromatic rings. The van der Waals surface area contributed by atoms with Crippen LogP contribution in [0.2, 0.25) is 0 Å². The summed E-state index contributed by atoms with van der Waals surface area (Å²) in [5.41, 5.74) is 0.627. The van der Waals surface area contributed by atoms with Gasteiger partial charge in [0.1, 0.15) is 12.0 Å². The molecule has 2 rings (SSSR count). The van der Waals surface area contributed by atoms with Gasteiger partial charge in [-0.25, -0.2) is 4.39 Å². The summed E-state index contributed by atoms with van der Waals surface area (Å²) in [5.74, 6) is -1.67. The highest BCUT2D eigenvalue weighted by molar-refractivity contribution is 5.78. The van der Waals surface area contributed by atoms with E-state index < -0.39 is 18.2 Å². The van der Waals surface area contributed by atoms with Crippen LogP contribution in [-0.2, 0) is 11.0 Å². The van der Waals surface area contributed by atoms with E-state index in [1.807, 2.05) is 0 Å². The number of halogens is 4. The van der Waals surface area contributed by atoms with Gasteiger partial charge >= 0.3 is 12.1 Å². The molecule has 0 amide bonds. The number of hydrogen-bond donors (Lipinski definition) is 0. The minimum Gasteiger partial charge on any atom is -0.329 e. The average Bonchev–Trinajstić information content (AvgIpc) is 3.02. The molecule has 0 aliphatic heterocycles. The van der Waals surface area contributed by atoms with E-state index >= 15 is 0 Å². The Morgan fingerprint density at radius 3 is 2.43 bits per heavy atom. The van der Waals surface area contributed by atoms with Crippen LogP contribution in [0, 0.1) is 0 Å². The number of alkyl halides is 4. The van der Waals surface area contributed by atoms with Gasteiger partial charge in [0, 0.05) is 18.4 Å². The minimum absolute atomic E-state index is 0.0178. The zero-order valence-corrected chi connectivity index (χ0v) is 12.2. The lowest BCUT2D eigenvalue weighted by Gasteiger charge is -2.08. The number of benzene rings is 1. The van der Waals surface area contributed by atoms with Gasteiger partial charge in [0.2, 0.25) is 5.82 Å². The summed E-state index contributed by atoms with van der Waals surface area (Å²) in [7, 11) is 0. The number of carbonyl (C=O) groups is 1. The maximum Gasteiger partial charge on any atom is 0.471 e. The normalized spacial score (nSPS) is 13.1. The van der Waals surface area contributed by atoms with Crippen molar-refractivity contribution in [3.8, 4) is 11.4 Å². The van der Waals surface area contributed by atoms with Crippen LogP contribution in [0.25, 0.3) is 11.4 Å². The summed E-state index contributed by atoms with van der Waals surface area (Å²) in [6, 6.07) is 5.68. The molecule has 0 N–H and O–H groups in total. The standard InChI is InChI=1S/C15H14F4N2O2/c1-2-11(22)7-8-12(16)9-3-5-10(6-4-9)13-20-14(23-21-13)15(17,18)19/h3-6,12H,2,7-8H2,1H3. The number of carbonyl (C=O) groups excluding carboxylic acids is 1. The van der Waals surface area contributed by atoms with E-state index in [2.05, 4.69) is 14.7 Å². The first kappa shape index (κ1) is 17.1. The Balaban J connectivity index is 2.07. The first-order chi connectivity index (χ1) is 10.8. The van der Waals surface area contributed by atoms with Gasteiger partial charge in [-0.15, -0.1) is 0 Å². The summed E-state index contributed by atoms with van der Waals surface area (Å²) >= 11 is 0. The van der Waals surface area contributed by atoms with Gasteiger partial charge in [0.25, 0.3) is 0 Å². The molecule has 4 nitrogen and oxygen atoms in total. The second kappa shape index (κ2) is 6.89. The fraction of sp³-hybridized carbons (Fsp3) is 0.400. The van der Waals surface area contributed by atoms with Crippen LogP contribution >= 0.6 is 0 Å². The van der Waals surface area contributed by atoms with Crippen molar-refractivity contribution in [2.24, 2.45) is 0 Å². The van der Waals surface area contributed by atoms with E-state index in [1.54, 1.807) is 6.92 Å². The smallest absolute Gasteiger partial charge is 0.329 e. The molecule has 8 heteroatoms. The van der Waals surface area contributed by atoms with Crippen molar-refractivity contribution in [2.45, 2.75) is 38.5 Å². The van der Waals surface area contributed by atoms with Crippen molar-refractivity contribution in [3.63, 3.8) is 0 Å². The lowest BCUT2D eigenvalue weighted by Crippen LogP contribution is -2.04. The molecule has 0 radical (unpaired) electrons. The summed E-state index contributed by atoms with van der Waals surface area (Å²) in [4.78, 5) is 14.4. The van der Waals surface area contributed by atoms with E-state index in [-0.39, 0.29) is 30.0 Å². The Morgan fingerprint density at radius 1 is 1.26 bits per heavy atom. The number of Topliss-reactive ketones (excluding diaryl/α,β-unsaturated/α-hetero) is 1. The lowest BCUT2D eigenvalue weighted by atomic mass is 10.0. The molecule has 1 atom stereocenters. The molecule has 1 aromatic carbocycles. The van der Waals surface area contributed by atoms with Gasteiger partial charge in [0.05, 0.1) is 0 Å². The minimum atomic E-state index is -4.71. The maximum atomic E-state index is 14.0. The highest BCUT2D eigenvalue weighted by Gasteiger charge is 2.38. The van der Waals surface area contributed by atoms with Crippen LogP contribution in [0.15, 0.2) is 28.8 Å². The summed E-state index contributed by atoms with van der Waals surface area (Å²) < 4.78 is 55.3. The summed E-state index contributed by atoms with van der Waals surface area (Å²) in [6.45, 7) is 1.71. The van der Waals surface area contributed by atoms with Crippen LogP contribution in [0.4, 0.5) is 17.6 Å². The van der Waals surface area contributed by atoms with Crippen LogP contribution in [-0.4, -0.2) is 15.9 Å². The molecular weight excluding hydrogens is 316 g/mol. The van der Waals surface area contributed by atoms with Crippen molar-refractivity contribution in [1.29, 1.82) is 0 Å². The largest absolute Gasteiger partial charge is 0.471 e. The molecule has 0 saturated heterocycles. The van der Waals surface area contributed by atoms with Crippen LogP contribution < -0.4 is 0 Å². The summed E-state index contributed by atoms with van der Waals surface area (Å²) in [6.07, 6.45) is -5.42. The summed E-state index contributed by atoms with van der Waals surface area (Å²) in [5, 5.41) is 3.25. The number of rotatable bonds is 6. The van der Waals surface area contributed by atoms with Crippen molar-refractivity contribution in [2.75, 3.05) is 0 Å². The highest BCUT2D eigenvalue weighted by atomic mass is 19.4. The second-order valence-electron chi connectivity index (χ2n) is 4.94. The predicted octanol–water partition coefficient (Wildman–Crippen LogP) is 4.53. The average molecular weight is 330 g/mol. The van der Waals surface area contributed by atoms with Crippen molar-refractivity contribution in [1.82, 2.24) is 10.1 Å². The van der Waals surface area contributed by atoms with Gasteiger partial charge in [-0.2, -0.15) is 18.2 Å². The third kappa shape index (κ3) is 4.37. The zero-order valence-electron chi connectivity index (χ0n) is 12.2. The second-order valence-corrected chi connectivity index (χ2v) is 4.94. The van der Waals surface area contributed by atoms with Gasteiger partial charge in [0.15, 0.2) is 0 Å². The molecule has 1 heterocycles. The Hall–Kier alpha value is -2.25. The molecule has 124 valence electrons. The van der Waals surface area contributed by atoms with E-state index in [1.165, 1.54) is 24.3 Å². The number of hydrogen-bond acceptors (Lipinski definition) is 4. The Kier molecular flexibility index (Phi) is 5.12. The number of nitrogens with zero attached hydrogens (tertiary/aromatic N) is 2. The van der Waals surface area contributed by atoms with E-state index in [4.69, 9.17) is 0 Å². The third-order valence-corrected chi connectivity index (χ3v) is 3.27. The molecule has 1 unspecified atom stereocenters. The SMILES string of the molecule is CCC(=O)CCC(F)c1ccc(-c2noc(C(F)(F)F)n2)cc1. The zero-order chi connectivity index (χ0) is 17.0. The lowest BCUT2D eigenvalue weighted by molar-refractivity contribution is -0.159. The molecule has 0 aliphatic rings. The highest BCUT2D eigenvalue weighted by Crippen LogP contribution is 2.30. The van der Waals surface area contributed by atoms with Gasteiger partial charge in [-0.1, -0.05) is 36.3 Å². The van der Waals surface area contributed by atoms with Crippen LogP contribution in [0.1, 0.15) is 43.8 Å². The van der Waals surface area contributed by atoms with Gasteiger partial charge < -0.3 is 4.52 Å². The molecule has 0 saturated carbocycles. The van der Waals surface area contributed by atoms with E-state index in [9.17, 15) is 22.4 Å². The van der Waals surface area contributed by atoms with E-state index in [0.29, 0.717) is 12.0 Å². The van der Waals surface area contributed by atoms with E-state index in [0.717, 1.165) is 0 Å². The quantitative estimate of drug-likeness (QED) is 0.731. The predicted molar refractivity (Wildman–Crippen MR) is 73.1 cm³/mol. The Morgan fingerprint density at radius 2 is 1.91 bits per heavy atom. The van der Waals surface area contributed by atoms with Crippen LogP contribution in [0.5, 0.6) is 0 Å². The molecule has 0 fully saturated rings. The maximum absolute atomic E-state index is 14.0. The fourth-order valence-corrected chi connectivity index (χ4v) is 1.93. The third-order valence-electron chi connectivity index (χ3n) is 3.27. The van der Waals surface area contributed by atoms with Gasteiger partial charge in [-0.3, -0.25) is 4.79 Å². The van der Waals surface area contributed by atoms with Crippen molar-refractivity contribution < 1.29 is 26.9 Å². The monoisotopic (exact) mass is 330 g/mol. The van der Waals surface area contributed by atoms with Gasteiger partial charge in [-0.05, 0) is 12.0 Å². The molecule has 0 aliphatic carbocycles. The van der Waals surface area contributed by atoms with Crippen molar-refractivity contribution >= 4 is 5.78 Å². The van der Waals surface area contributed by atoms with Crippen molar-refractivity contribution in [3.05, 3.63) is 35.7 Å². The Labute approximate surface area is 129 Å². The molecule has 0 bridgehead atoms. The molecular formula is C15H14F4N2O2.